The van der Waals surface area contributed by atoms with E-state index in [1.165, 1.54) is 0 Å². The second-order valence-corrected chi connectivity index (χ2v) is 6.43. The average molecular weight is 319 g/mol. The van der Waals surface area contributed by atoms with Crippen LogP contribution in [0, 0.1) is 0 Å². The van der Waals surface area contributed by atoms with Crippen molar-refractivity contribution in [3.8, 4) is 11.1 Å². The number of rotatable bonds is 2. The fraction of sp³-hybridized carbons (Fsp3) is 0.133. The molecule has 1 aliphatic carbocycles. The molecule has 0 heterocycles. The molecule has 0 spiro atoms. The summed E-state index contributed by atoms with van der Waals surface area (Å²) in [5, 5.41) is 2.30. The number of carbonyl (C=O) groups is 1. The molecule has 0 aliphatic heterocycles. The number of hydrogen-bond acceptors (Lipinski definition) is 4. The maximum atomic E-state index is 12.2. The molecule has 3 rings (SSSR count). The molecule has 0 aromatic heterocycles. The van der Waals surface area contributed by atoms with Gasteiger partial charge in [0, 0.05) is 11.1 Å². The van der Waals surface area contributed by atoms with E-state index in [9.17, 15) is 17.8 Å². The third-order valence-corrected chi connectivity index (χ3v) is 5.07. The van der Waals surface area contributed by atoms with Gasteiger partial charge in [-0.2, -0.15) is 8.42 Å². The zero-order chi connectivity index (χ0) is 16.0. The maximum Gasteiger partial charge on any atom is 0.408 e. The van der Waals surface area contributed by atoms with E-state index in [-0.39, 0.29) is 11.1 Å². The van der Waals surface area contributed by atoms with Gasteiger partial charge >= 0.3 is 6.09 Å². The molecule has 114 valence electrons. The highest BCUT2D eigenvalue weighted by atomic mass is 32.2. The number of alkyl carbamates (subject to hydrolysis) is 1. The van der Waals surface area contributed by atoms with E-state index in [0.717, 1.165) is 7.11 Å². The zero-order valence-corrected chi connectivity index (χ0v) is 12.4. The molecule has 0 atom stereocenters. The van der Waals surface area contributed by atoms with Crippen molar-refractivity contribution in [2.45, 2.75) is 4.87 Å². The Hall–Kier alpha value is -2.38. The molecule has 1 amide bonds. The number of benzene rings is 2. The first-order chi connectivity index (χ1) is 10.4. The van der Waals surface area contributed by atoms with Crippen LogP contribution in [0.1, 0.15) is 11.1 Å². The Balaban J connectivity index is 2.41. The topological polar surface area (TPSA) is 92.7 Å². The first kappa shape index (κ1) is 14.6. The van der Waals surface area contributed by atoms with Crippen LogP contribution < -0.4 is 5.32 Å². The summed E-state index contributed by atoms with van der Waals surface area (Å²) in [5.74, 6) is 0. The first-order valence-electron chi connectivity index (χ1n) is 6.44. The van der Waals surface area contributed by atoms with Gasteiger partial charge in [0.05, 0.1) is 7.11 Å². The van der Waals surface area contributed by atoms with Gasteiger partial charge in [-0.3, -0.25) is 9.87 Å². The van der Waals surface area contributed by atoms with Crippen LogP contribution in [-0.4, -0.2) is 26.2 Å². The van der Waals surface area contributed by atoms with Crippen molar-refractivity contribution < 1.29 is 22.5 Å². The zero-order valence-electron chi connectivity index (χ0n) is 11.6. The number of amides is 1. The van der Waals surface area contributed by atoms with Gasteiger partial charge in [0.15, 0.2) is 0 Å². The molecule has 2 aromatic rings. The normalized spacial score (nSPS) is 14.8. The van der Waals surface area contributed by atoms with Crippen LogP contribution in [-0.2, 0) is 19.7 Å². The Bertz CT molecular complexity index is 814. The molecule has 2 N–H and O–H groups in total. The highest BCUT2D eigenvalue weighted by molar-refractivity contribution is 7.87. The van der Waals surface area contributed by atoms with E-state index in [0.29, 0.717) is 11.1 Å². The van der Waals surface area contributed by atoms with E-state index >= 15 is 0 Å². The van der Waals surface area contributed by atoms with Crippen molar-refractivity contribution in [3.63, 3.8) is 0 Å². The summed E-state index contributed by atoms with van der Waals surface area (Å²) in [5.41, 5.74) is 1.83. The fourth-order valence-electron chi connectivity index (χ4n) is 2.87. The molecule has 2 aromatic carbocycles. The van der Waals surface area contributed by atoms with E-state index in [1.807, 2.05) is 0 Å². The summed E-state index contributed by atoms with van der Waals surface area (Å²) in [7, 11) is -3.58. The predicted octanol–water partition coefficient (Wildman–Crippen LogP) is 2.11. The van der Waals surface area contributed by atoms with Crippen LogP contribution in [0.2, 0.25) is 0 Å². The Morgan fingerprint density at radius 3 is 1.91 bits per heavy atom. The molecule has 6 nitrogen and oxygen atoms in total. The van der Waals surface area contributed by atoms with Gasteiger partial charge in [-0.05, 0) is 11.1 Å². The summed E-state index contributed by atoms with van der Waals surface area (Å²) in [6.45, 7) is 0. The second-order valence-electron chi connectivity index (χ2n) is 4.86. The van der Waals surface area contributed by atoms with E-state index < -0.39 is 21.1 Å². The lowest BCUT2D eigenvalue weighted by Crippen LogP contribution is -2.51. The summed E-state index contributed by atoms with van der Waals surface area (Å²) in [6, 6.07) is 13.4. The van der Waals surface area contributed by atoms with Gasteiger partial charge < -0.3 is 4.74 Å². The van der Waals surface area contributed by atoms with Gasteiger partial charge in [-0.25, -0.2) is 4.79 Å². The number of carbonyl (C=O) groups excluding carboxylic acids is 1. The van der Waals surface area contributed by atoms with Gasteiger partial charge in [0.25, 0.3) is 10.1 Å². The molecule has 0 bridgehead atoms. The monoisotopic (exact) mass is 319 g/mol. The van der Waals surface area contributed by atoms with Crippen molar-refractivity contribution in [3.05, 3.63) is 59.7 Å². The highest BCUT2D eigenvalue weighted by Gasteiger charge is 2.54. The minimum Gasteiger partial charge on any atom is -0.453 e. The lowest BCUT2D eigenvalue weighted by atomic mass is 10.0. The second kappa shape index (κ2) is 4.82. The molecule has 0 radical (unpaired) electrons. The van der Waals surface area contributed by atoms with Crippen LogP contribution in [0.5, 0.6) is 0 Å². The van der Waals surface area contributed by atoms with E-state index in [4.69, 9.17) is 0 Å². The molecule has 0 saturated carbocycles. The Morgan fingerprint density at radius 2 is 1.50 bits per heavy atom. The van der Waals surface area contributed by atoms with Gasteiger partial charge in [-0.1, -0.05) is 48.5 Å². The van der Waals surface area contributed by atoms with Crippen LogP contribution in [0.3, 0.4) is 0 Å². The molecule has 0 fully saturated rings. The Kier molecular flexibility index (Phi) is 3.19. The van der Waals surface area contributed by atoms with Crippen molar-refractivity contribution in [1.82, 2.24) is 5.32 Å². The lowest BCUT2D eigenvalue weighted by Gasteiger charge is -2.28. The van der Waals surface area contributed by atoms with Crippen LogP contribution >= 0.6 is 0 Å². The van der Waals surface area contributed by atoms with Gasteiger partial charge in [0.2, 0.25) is 4.87 Å². The highest BCUT2D eigenvalue weighted by Crippen LogP contribution is 2.49. The van der Waals surface area contributed by atoms with Crippen LogP contribution in [0.15, 0.2) is 48.5 Å². The van der Waals surface area contributed by atoms with Crippen molar-refractivity contribution in [2.24, 2.45) is 0 Å². The Morgan fingerprint density at radius 1 is 1.05 bits per heavy atom. The number of ether oxygens (including phenoxy) is 1. The van der Waals surface area contributed by atoms with Crippen LogP contribution in [0.25, 0.3) is 11.1 Å². The molecule has 0 unspecified atom stereocenters. The minimum absolute atomic E-state index is 0.282. The third kappa shape index (κ3) is 1.83. The number of methoxy groups -OCH3 is 1. The molecular weight excluding hydrogens is 306 g/mol. The fourth-order valence-corrected chi connectivity index (χ4v) is 3.99. The minimum atomic E-state index is -4.71. The summed E-state index contributed by atoms with van der Waals surface area (Å²) < 4.78 is 38.9. The van der Waals surface area contributed by atoms with Crippen molar-refractivity contribution >= 4 is 16.2 Å². The predicted molar refractivity (Wildman–Crippen MR) is 79.7 cm³/mol. The summed E-state index contributed by atoms with van der Waals surface area (Å²) in [6.07, 6.45) is -0.955. The van der Waals surface area contributed by atoms with E-state index in [1.54, 1.807) is 48.5 Å². The number of hydrogen-bond donors (Lipinski definition) is 2. The van der Waals surface area contributed by atoms with Crippen molar-refractivity contribution in [1.29, 1.82) is 0 Å². The van der Waals surface area contributed by atoms with Crippen molar-refractivity contribution in [2.75, 3.05) is 7.11 Å². The maximum absolute atomic E-state index is 12.2. The quantitative estimate of drug-likeness (QED) is 0.827. The number of nitrogens with one attached hydrogen (secondary N) is 1. The molecule has 7 heteroatoms. The lowest BCUT2D eigenvalue weighted by molar-refractivity contribution is 0.165. The van der Waals surface area contributed by atoms with Gasteiger partial charge in [-0.15, -0.1) is 0 Å². The smallest absolute Gasteiger partial charge is 0.408 e. The largest absolute Gasteiger partial charge is 0.453 e. The van der Waals surface area contributed by atoms with Crippen LogP contribution in [0.4, 0.5) is 4.79 Å². The number of fused-ring (bicyclic) bond motifs is 3. The van der Waals surface area contributed by atoms with Gasteiger partial charge in [0.1, 0.15) is 0 Å². The molecular formula is C15H13NO5S. The molecule has 22 heavy (non-hydrogen) atoms. The first-order valence-corrected chi connectivity index (χ1v) is 7.88. The van der Waals surface area contributed by atoms with E-state index in [2.05, 4.69) is 10.1 Å². The SMILES string of the molecule is COC(=O)NC1(S(=O)(=O)O)c2ccccc2-c2ccccc21. The standard InChI is InChI=1S/C15H13NO5S/c1-21-14(17)16-15(22(18,19)20)12-8-4-2-6-10(12)11-7-3-5-9-13(11)15/h2-9H,1H3,(H,16,17)(H,18,19,20). The summed E-state index contributed by atoms with van der Waals surface area (Å²) in [4.78, 5) is 9.65. The molecule has 1 aliphatic rings. The summed E-state index contributed by atoms with van der Waals surface area (Å²) >= 11 is 0. The third-order valence-electron chi connectivity index (χ3n) is 3.75. The Labute approximate surface area is 127 Å². The molecule has 0 saturated heterocycles. The average Bonchev–Trinajstić information content (AvgIpc) is 2.79.